The van der Waals surface area contributed by atoms with E-state index in [-0.39, 0.29) is 42.1 Å². The molecule has 5 heterocycles. The Balaban J connectivity index is 0.000000230. The largest absolute Gasteiger partial charge is 0.497 e. The van der Waals surface area contributed by atoms with E-state index in [1.807, 2.05) is 48.5 Å². The Morgan fingerprint density at radius 1 is 0.717 bits per heavy atom. The van der Waals surface area contributed by atoms with Crippen molar-refractivity contribution in [1.29, 1.82) is 0 Å². The quantitative estimate of drug-likeness (QED) is 0.163. The fourth-order valence-corrected chi connectivity index (χ4v) is 5.98. The normalized spacial score (nSPS) is 14.2. The Kier molecular flexibility index (Phi) is 8.51. The molecule has 0 aliphatic carbocycles. The van der Waals surface area contributed by atoms with E-state index in [0.717, 1.165) is 50.0 Å². The summed E-state index contributed by atoms with van der Waals surface area (Å²) >= 11 is 0. The second-order valence-electron chi connectivity index (χ2n) is 16.1. The molecule has 8 heteroatoms. The van der Waals surface area contributed by atoms with Gasteiger partial charge in [0.05, 0.1) is 11.9 Å². The SMILES string of the molecule is CC(C)(C)c1cc(-c2[c-]cnc(C(C)(C)C)n2)ncn1.[2H]C([2H])([2H])c1cnc(-c2[c-]ccc3c2oc2c3ccc3c4ccccc4oc32)cc1C([2H])([2H])C(C)(C)C.[Ir]. The summed E-state index contributed by atoms with van der Waals surface area (Å²) in [5, 5.41) is 3.67. The molecule has 8 rings (SSSR count). The zero-order valence-electron chi connectivity index (χ0n) is 36.4. The Morgan fingerprint density at radius 2 is 1.43 bits per heavy atom. The first kappa shape index (κ1) is 31.7. The standard InChI is InChI=1S/C29H24NO2.C16H21N4.Ir/c1-17-16-30-24(14-18(17)15-29(2,3)4)23-10-7-9-20-22-13-12-21-19-8-5-6-11-25(19)31-27(21)28(22)32-26(20)23;1-15(2,3)13-9-12(18-10-19-13)11-7-8-17-14(20-11)16(4,5)6;/h5-9,11-14,16H,15H2,1-4H3;8-10H,1-6H3;/q2*-1;/i1D3,15D2;;. The number of aryl methyl sites for hydroxylation is 1. The van der Waals surface area contributed by atoms with E-state index in [9.17, 15) is 0 Å². The molecule has 0 saturated heterocycles. The van der Waals surface area contributed by atoms with Gasteiger partial charge in [-0.15, -0.1) is 18.2 Å². The third-order valence-corrected chi connectivity index (χ3v) is 8.57. The fraction of sp³-hybridized carbons (Fsp3) is 0.311. The third kappa shape index (κ3) is 7.81. The number of hydrogen-bond acceptors (Lipinski definition) is 7. The van der Waals surface area contributed by atoms with Crippen molar-refractivity contribution in [2.75, 3.05) is 0 Å². The minimum absolute atomic E-state index is 0. The molecule has 7 nitrogen and oxygen atoms in total. The van der Waals surface area contributed by atoms with Gasteiger partial charge in [-0.2, -0.15) is 0 Å². The van der Waals surface area contributed by atoms with Crippen LogP contribution in [0.1, 0.15) is 91.8 Å². The van der Waals surface area contributed by atoms with Crippen molar-refractivity contribution < 1.29 is 35.8 Å². The zero-order chi connectivity index (χ0) is 41.3. The van der Waals surface area contributed by atoms with E-state index < -0.39 is 18.6 Å². The molecular weight excluding hydrogens is 835 g/mol. The molecule has 0 saturated carbocycles. The van der Waals surface area contributed by atoms with Crippen LogP contribution >= 0.6 is 0 Å². The van der Waals surface area contributed by atoms with E-state index in [2.05, 4.69) is 78.6 Å². The van der Waals surface area contributed by atoms with E-state index in [4.69, 9.17) is 15.7 Å². The summed E-state index contributed by atoms with van der Waals surface area (Å²) < 4.78 is 54.2. The van der Waals surface area contributed by atoms with E-state index in [1.165, 1.54) is 12.3 Å². The Morgan fingerprint density at radius 3 is 2.15 bits per heavy atom. The summed E-state index contributed by atoms with van der Waals surface area (Å²) in [6.45, 7) is 15.4. The molecule has 1 radical (unpaired) electrons. The minimum atomic E-state index is -2.51. The first-order valence-electron chi connectivity index (χ1n) is 19.8. The van der Waals surface area contributed by atoms with Crippen LogP contribution in [0.3, 0.4) is 0 Å². The van der Waals surface area contributed by atoms with Crippen LogP contribution in [0.4, 0.5) is 0 Å². The van der Waals surface area contributed by atoms with Crippen molar-refractivity contribution in [3.05, 3.63) is 114 Å². The number of nitrogens with zero attached hydrogens (tertiary/aromatic N) is 5. The molecule has 0 fully saturated rings. The molecule has 0 aliphatic heterocycles. The summed E-state index contributed by atoms with van der Waals surface area (Å²) in [6, 6.07) is 25.3. The van der Waals surface area contributed by atoms with E-state index in [1.54, 1.807) is 39.4 Å². The van der Waals surface area contributed by atoms with Crippen LogP contribution in [0.25, 0.3) is 66.5 Å². The first-order chi connectivity index (χ1) is 26.6. The molecule has 273 valence electrons. The van der Waals surface area contributed by atoms with Gasteiger partial charge in [0, 0.05) is 65.8 Å². The van der Waals surface area contributed by atoms with Crippen LogP contribution in [-0.2, 0) is 37.3 Å². The summed E-state index contributed by atoms with van der Waals surface area (Å²) in [5.41, 5.74) is 5.00. The van der Waals surface area contributed by atoms with Crippen molar-refractivity contribution in [1.82, 2.24) is 24.9 Å². The second kappa shape index (κ2) is 14.2. The molecule has 3 aromatic carbocycles. The predicted molar refractivity (Wildman–Crippen MR) is 210 cm³/mol. The van der Waals surface area contributed by atoms with Crippen LogP contribution in [0.2, 0.25) is 0 Å². The van der Waals surface area contributed by atoms with Crippen molar-refractivity contribution >= 4 is 43.9 Å². The average molecular weight is 885 g/mol. The smallest absolute Gasteiger partial charge is 0.177 e. The molecule has 0 spiro atoms. The van der Waals surface area contributed by atoms with E-state index >= 15 is 0 Å². The van der Waals surface area contributed by atoms with Crippen molar-refractivity contribution in [3.8, 4) is 22.6 Å². The monoisotopic (exact) mass is 885 g/mol. The first-order valence-corrected chi connectivity index (χ1v) is 17.3. The Hall–Kier alpha value is -4.78. The topological polar surface area (TPSA) is 90.7 Å². The van der Waals surface area contributed by atoms with E-state index in [0.29, 0.717) is 28.0 Å². The van der Waals surface area contributed by atoms with Crippen LogP contribution in [-0.4, -0.2) is 24.9 Å². The molecule has 53 heavy (non-hydrogen) atoms. The number of rotatable bonds is 3. The molecule has 0 atom stereocenters. The van der Waals surface area contributed by atoms with Crippen molar-refractivity contribution in [3.63, 3.8) is 0 Å². The van der Waals surface area contributed by atoms with Gasteiger partial charge in [0.15, 0.2) is 11.2 Å². The molecule has 0 amide bonds. The van der Waals surface area contributed by atoms with Gasteiger partial charge >= 0.3 is 0 Å². The Bertz CT molecular complexity index is 2740. The second-order valence-corrected chi connectivity index (χ2v) is 16.1. The maximum atomic E-state index is 8.84. The fourth-order valence-electron chi connectivity index (χ4n) is 5.98. The summed E-state index contributed by atoms with van der Waals surface area (Å²) in [5.74, 6) is 0.794. The van der Waals surface area contributed by atoms with Crippen LogP contribution in [0, 0.1) is 24.4 Å². The third-order valence-electron chi connectivity index (χ3n) is 8.57. The molecule has 5 aromatic heterocycles. The van der Waals surface area contributed by atoms with Gasteiger partial charge in [0.1, 0.15) is 11.4 Å². The van der Waals surface area contributed by atoms with Crippen LogP contribution < -0.4 is 0 Å². The molecule has 0 unspecified atom stereocenters. The number of aromatic nitrogens is 5. The molecule has 0 N–H and O–H groups in total. The van der Waals surface area contributed by atoms with Crippen molar-refractivity contribution in [2.45, 2.75) is 86.4 Å². The number of para-hydroxylation sites is 1. The number of furan rings is 2. The molecule has 0 bridgehead atoms. The van der Waals surface area contributed by atoms with Gasteiger partial charge in [-0.25, -0.2) is 11.1 Å². The van der Waals surface area contributed by atoms with Gasteiger partial charge in [0.25, 0.3) is 0 Å². The number of hydrogen-bond donors (Lipinski definition) is 0. The van der Waals surface area contributed by atoms with Crippen LogP contribution in [0.15, 0.2) is 88.2 Å². The summed E-state index contributed by atoms with van der Waals surface area (Å²) in [7, 11) is 0. The zero-order valence-corrected chi connectivity index (χ0v) is 33.8. The predicted octanol–water partition coefficient (Wildman–Crippen LogP) is 11.6. The number of benzene rings is 3. The summed E-state index contributed by atoms with van der Waals surface area (Å²) in [6.07, 6.45) is 2.58. The van der Waals surface area contributed by atoms with Gasteiger partial charge in [-0.1, -0.05) is 133 Å². The maximum absolute atomic E-state index is 8.84. The number of fused-ring (bicyclic) bond motifs is 7. The van der Waals surface area contributed by atoms with Gasteiger partial charge < -0.3 is 18.8 Å². The maximum Gasteiger partial charge on any atom is 0.177 e. The molecule has 0 aliphatic rings. The van der Waals surface area contributed by atoms with Crippen LogP contribution in [0.5, 0.6) is 0 Å². The molecule has 8 aromatic rings. The number of pyridine rings is 1. The molecular formula is C45H45IrN5O2-2. The van der Waals surface area contributed by atoms with Gasteiger partial charge in [-0.05, 0) is 42.0 Å². The minimum Gasteiger partial charge on any atom is -0.497 e. The van der Waals surface area contributed by atoms with Gasteiger partial charge in [0.2, 0.25) is 0 Å². The Labute approximate surface area is 332 Å². The van der Waals surface area contributed by atoms with Gasteiger partial charge in [-0.3, -0.25) is 9.97 Å². The summed E-state index contributed by atoms with van der Waals surface area (Å²) in [4.78, 5) is 22.0. The van der Waals surface area contributed by atoms with Crippen molar-refractivity contribution in [2.24, 2.45) is 5.41 Å². The average Bonchev–Trinajstić information content (AvgIpc) is 3.72.